The number of ketones is 2. The predicted molar refractivity (Wildman–Crippen MR) is 58.8 cm³/mol. The Morgan fingerprint density at radius 1 is 1.21 bits per heavy atom. The SMILES string of the molecule is CC1(C)N=C(C(=O)CC(=O)C(F)(F)F)C(C)(C)N1[O]. The van der Waals surface area contributed by atoms with Crippen LogP contribution in [0, 0.1) is 0 Å². The first-order valence-electron chi connectivity index (χ1n) is 5.51. The lowest BCUT2D eigenvalue weighted by Gasteiger charge is -2.30. The van der Waals surface area contributed by atoms with Crippen LogP contribution in [0.25, 0.3) is 0 Å². The molecule has 0 aliphatic carbocycles. The maximum Gasteiger partial charge on any atom is 0.450 e. The van der Waals surface area contributed by atoms with Crippen molar-refractivity contribution in [1.29, 1.82) is 0 Å². The number of hydroxylamine groups is 2. The van der Waals surface area contributed by atoms with E-state index < -0.39 is 35.4 Å². The number of Topliss-reactive ketones (excluding diaryl/α,β-unsaturated/α-hetero) is 2. The molecule has 1 radical (unpaired) electrons. The third-order valence-electron chi connectivity index (χ3n) is 2.87. The highest BCUT2D eigenvalue weighted by molar-refractivity contribution is 6.46. The lowest BCUT2D eigenvalue weighted by Crippen LogP contribution is -2.51. The van der Waals surface area contributed by atoms with Crippen LogP contribution in [0.4, 0.5) is 13.2 Å². The Kier molecular flexibility index (Phi) is 3.64. The van der Waals surface area contributed by atoms with Gasteiger partial charge in [0.25, 0.3) is 0 Å². The number of aliphatic imine (C=N–C) groups is 1. The molecule has 0 spiro atoms. The van der Waals surface area contributed by atoms with Crippen molar-refractivity contribution < 1.29 is 28.0 Å². The normalized spacial score (nSPS) is 22.2. The zero-order valence-electron chi connectivity index (χ0n) is 11.0. The molecule has 19 heavy (non-hydrogen) atoms. The predicted octanol–water partition coefficient (Wildman–Crippen LogP) is 1.69. The van der Waals surface area contributed by atoms with Crippen molar-refractivity contribution >= 4 is 17.3 Å². The molecule has 1 aliphatic heterocycles. The summed E-state index contributed by atoms with van der Waals surface area (Å²) in [6.45, 7) is 5.63. The molecule has 1 rings (SSSR count). The first kappa shape index (κ1) is 15.8. The van der Waals surface area contributed by atoms with Gasteiger partial charge in [0.05, 0.1) is 12.0 Å². The average Bonchev–Trinajstić information content (AvgIpc) is 2.37. The molecule has 1 aliphatic rings. The molecule has 0 saturated carbocycles. The smallest absolute Gasteiger partial charge is 0.292 e. The van der Waals surface area contributed by atoms with Gasteiger partial charge in [-0.2, -0.15) is 13.2 Å². The van der Waals surface area contributed by atoms with Crippen LogP contribution in [0.2, 0.25) is 0 Å². The van der Waals surface area contributed by atoms with Gasteiger partial charge in [0.2, 0.25) is 5.78 Å². The van der Waals surface area contributed by atoms with E-state index in [0.717, 1.165) is 0 Å². The second-order valence-corrected chi connectivity index (χ2v) is 5.33. The lowest BCUT2D eigenvalue weighted by atomic mass is 9.93. The molecule has 5 nitrogen and oxygen atoms in total. The Morgan fingerprint density at radius 3 is 2.00 bits per heavy atom. The molecule has 0 N–H and O–H groups in total. The van der Waals surface area contributed by atoms with E-state index in [2.05, 4.69) is 4.99 Å². The molecule has 0 unspecified atom stereocenters. The van der Waals surface area contributed by atoms with Crippen LogP contribution in [0.3, 0.4) is 0 Å². The Morgan fingerprint density at radius 2 is 1.68 bits per heavy atom. The number of carbonyl (C=O) groups is 2. The van der Waals surface area contributed by atoms with Crippen molar-refractivity contribution in [2.24, 2.45) is 4.99 Å². The highest BCUT2D eigenvalue weighted by Gasteiger charge is 2.51. The fourth-order valence-electron chi connectivity index (χ4n) is 1.97. The fourth-order valence-corrected chi connectivity index (χ4v) is 1.97. The number of hydrogen-bond acceptors (Lipinski definition) is 4. The summed E-state index contributed by atoms with van der Waals surface area (Å²) in [7, 11) is 0. The van der Waals surface area contributed by atoms with Gasteiger partial charge in [-0.25, -0.2) is 0 Å². The van der Waals surface area contributed by atoms with E-state index in [0.29, 0.717) is 5.06 Å². The summed E-state index contributed by atoms with van der Waals surface area (Å²) < 4.78 is 36.3. The third-order valence-corrected chi connectivity index (χ3v) is 2.87. The van der Waals surface area contributed by atoms with Crippen molar-refractivity contribution in [3.8, 4) is 0 Å². The molecule has 0 atom stereocenters. The van der Waals surface area contributed by atoms with E-state index in [1.165, 1.54) is 27.7 Å². The molecule has 8 heteroatoms. The van der Waals surface area contributed by atoms with Crippen molar-refractivity contribution in [2.45, 2.75) is 51.5 Å². The van der Waals surface area contributed by atoms with E-state index in [9.17, 15) is 28.0 Å². The topological polar surface area (TPSA) is 69.6 Å². The molecule has 0 saturated heterocycles. The standard InChI is InChI=1S/C11H14F3N2O3/c1-9(2)8(15-10(3,4)16(9)19)6(17)5-7(18)11(12,13)14/h5H2,1-4H3. The van der Waals surface area contributed by atoms with Crippen molar-refractivity contribution in [1.82, 2.24) is 5.06 Å². The molecular formula is C11H14F3N2O3. The second kappa shape index (κ2) is 4.38. The van der Waals surface area contributed by atoms with Gasteiger partial charge in [0.15, 0.2) is 5.78 Å². The number of hydrogen-bond donors (Lipinski definition) is 0. The average molecular weight is 279 g/mol. The first-order valence-corrected chi connectivity index (χ1v) is 5.51. The van der Waals surface area contributed by atoms with Gasteiger partial charge in [-0.1, -0.05) is 0 Å². The number of halogens is 3. The molecule has 107 valence electrons. The van der Waals surface area contributed by atoms with E-state index in [-0.39, 0.29) is 5.71 Å². The zero-order valence-corrected chi connectivity index (χ0v) is 11.0. The Hall–Kier alpha value is -1.28. The zero-order chi connectivity index (χ0) is 15.2. The summed E-state index contributed by atoms with van der Waals surface area (Å²) in [5, 5.41) is 12.4. The molecule has 0 bridgehead atoms. The van der Waals surface area contributed by atoms with Crippen LogP contribution in [0.1, 0.15) is 34.1 Å². The van der Waals surface area contributed by atoms with E-state index in [4.69, 9.17) is 0 Å². The minimum atomic E-state index is -5.06. The van der Waals surface area contributed by atoms with Gasteiger partial charge < -0.3 is 0 Å². The highest BCUT2D eigenvalue weighted by Crippen LogP contribution is 2.34. The van der Waals surface area contributed by atoms with E-state index in [1.807, 2.05) is 0 Å². The van der Waals surface area contributed by atoms with Gasteiger partial charge in [-0.15, -0.1) is 10.3 Å². The van der Waals surface area contributed by atoms with Crippen LogP contribution in [0.5, 0.6) is 0 Å². The first-order chi connectivity index (χ1) is 8.30. The summed E-state index contributed by atoms with van der Waals surface area (Å²) in [6.07, 6.45) is -6.39. The molecule has 0 fully saturated rings. The largest absolute Gasteiger partial charge is 0.450 e. The summed E-state index contributed by atoms with van der Waals surface area (Å²) >= 11 is 0. The quantitative estimate of drug-likeness (QED) is 0.738. The molecule has 0 amide bonds. The van der Waals surface area contributed by atoms with Crippen molar-refractivity contribution in [2.75, 3.05) is 0 Å². The molecule has 0 aromatic carbocycles. The number of carbonyl (C=O) groups excluding carboxylic acids is 2. The van der Waals surface area contributed by atoms with Crippen molar-refractivity contribution in [3.05, 3.63) is 0 Å². The maximum absolute atomic E-state index is 12.1. The van der Waals surface area contributed by atoms with E-state index >= 15 is 0 Å². The number of rotatable bonds is 3. The Bertz CT molecular complexity index is 453. The van der Waals surface area contributed by atoms with Crippen LogP contribution in [0.15, 0.2) is 4.99 Å². The minimum absolute atomic E-state index is 0.301. The monoisotopic (exact) mass is 279 g/mol. The molecule has 0 aromatic rings. The van der Waals surface area contributed by atoms with Crippen LogP contribution in [-0.4, -0.2) is 39.7 Å². The Balaban J connectivity index is 2.99. The van der Waals surface area contributed by atoms with Crippen LogP contribution in [-0.2, 0) is 14.8 Å². The maximum atomic E-state index is 12.1. The van der Waals surface area contributed by atoms with Gasteiger partial charge in [-0.3, -0.25) is 14.6 Å². The highest BCUT2D eigenvalue weighted by atomic mass is 19.4. The number of alkyl halides is 3. The molecular weight excluding hydrogens is 265 g/mol. The van der Waals surface area contributed by atoms with E-state index in [1.54, 1.807) is 0 Å². The Labute approximate surface area is 108 Å². The van der Waals surface area contributed by atoms with Gasteiger partial charge in [-0.05, 0) is 27.7 Å². The summed E-state index contributed by atoms with van der Waals surface area (Å²) in [4.78, 5) is 26.4. The second-order valence-electron chi connectivity index (χ2n) is 5.33. The van der Waals surface area contributed by atoms with Gasteiger partial charge in [0.1, 0.15) is 11.4 Å². The van der Waals surface area contributed by atoms with Gasteiger partial charge >= 0.3 is 6.18 Å². The molecule has 0 aromatic heterocycles. The fraction of sp³-hybridized carbons (Fsp3) is 0.727. The minimum Gasteiger partial charge on any atom is -0.292 e. The van der Waals surface area contributed by atoms with Crippen LogP contribution < -0.4 is 0 Å². The number of nitrogens with zero attached hydrogens (tertiary/aromatic N) is 2. The lowest BCUT2D eigenvalue weighted by molar-refractivity contribution is -0.241. The molecule has 1 heterocycles. The summed E-state index contributed by atoms with van der Waals surface area (Å²) in [6, 6.07) is 0. The summed E-state index contributed by atoms with van der Waals surface area (Å²) in [5.41, 5.74) is -2.90. The van der Waals surface area contributed by atoms with Crippen molar-refractivity contribution in [3.63, 3.8) is 0 Å². The van der Waals surface area contributed by atoms with Gasteiger partial charge in [0, 0.05) is 0 Å². The third kappa shape index (κ3) is 2.84. The summed E-state index contributed by atoms with van der Waals surface area (Å²) in [5.74, 6) is -3.21. The van der Waals surface area contributed by atoms with Crippen LogP contribution >= 0.6 is 0 Å².